The molecular weight excluding hydrogens is 398 g/mol. The quantitative estimate of drug-likeness (QED) is 0.284. The second-order valence-corrected chi connectivity index (χ2v) is 10.4. The molecule has 0 atom stereocenters. The van der Waals surface area contributed by atoms with Crippen LogP contribution in [-0.4, -0.2) is 15.7 Å². The zero-order valence-corrected chi connectivity index (χ0v) is 19.8. The molecule has 1 aliphatic rings. The molecule has 0 spiro atoms. The molecule has 2 N–H and O–H groups in total. The van der Waals surface area contributed by atoms with Crippen LogP contribution in [0.15, 0.2) is 71.6 Å². The number of hydrogen-bond acceptors (Lipinski definition) is 2. The number of rotatable bonds is 3. The summed E-state index contributed by atoms with van der Waals surface area (Å²) in [6, 6.07) is 23.2. The molecule has 4 aromatic rings. The number of aliphatic hydroxyl groups is 1. The van der Waals surface area contributed by atoms with Crippen LogP contribution in [0.4, 0.5) is 0 Å². The van der Waals surface area contributed by atoms with E-state index in [2.05, 4.69) is 86.1 Å². The normalized spacial score (nSPS) is 14.9. The minimum absolute atomic E-state index is 0.0885. The third kappa shape index (κ3) is 4.40. The third-order valence-electron chi connectivity index (χ3n) is 7.39. The lowest BCUT2D eigenvalue weighted by Crippen LogP contribution is -2.46. The van der Waals surface area contributed by atoms with Gasteiger partial charge < -0.3 is 10.1 Å². The van der Waals surface area contributed by atoms with E-state index in [-0.39, 0.29) is 5.41 Å². The van der Waals surface area contributed by atoms with Gasteiger partial charge in [0.2, 0.25) is 0 Å². The Labute approximate surface area is 191 Å². The Morgan fingerprint density at radius 2 is 1.42 bits per heavy atom. The van der Waals surface area contributed by atoms with Crippen molar-refractivity contribution in [1.82, 2.24) is 4.98 Å². The average molecular weight is 432 g/mol. The molecule has 1 saturated carbocycles. The summed E-state index contributed by atoms with van der Waals surface area (Å²) in [6.45, 7) is 8.20. The van der Waals surface area contributed by atoms with Crippen LogP contribution in [0.25, 0.3) is 32.9 Å². The van der Waals surface area contributed by atoms with Crippen molar-refractivity contribution in [2.75, 3.05) is 0 Å². The van der Waals surface area contributed by atoms with Crippen LogP contribution in [0.3, 0.4) is 0 Å². The van der Waals surface area contributed by atoms with Gasteiger partial charge in [0.1, 0.15) is 0 Å². The Balaban J connectivity index is 0.000000180. The molecule has 162 valence electrons. The molecule has 0 radical (unpaired) electrons. The lowest BCUT2D eigenvalue weighted by molar-refractivity contribution is -0.0880. The maximum Gasteiger partial charge on any atom is 0.0645 e. The zero-order valence-electron chi connectivity index (χ0n) is 18.9. The lowest BCUT2D eigenvalue weighted by Gasteiger charge is -2.47. The van der Waals surface area contributed by atoms with Crippen LogP contribution in [0.2, 0.25) is 0 Å². The van der Waals surface area contributed by atoms with Crippen molar-refractivity contribution in [2.24, 2.45) is 11.3 Å². The summed E-state index contributed by atoms with van der Waals surface area (Å²) in [4.78, 5) is 4.44. The molecule has 0 amide bonds. The maximum atomic E-state index is 9.88. The second kappa shape index (κ2) is 8.37. The number of nitrogens with one attached hydrogen (secondary N) is 1. The number of aromatic nitrogens is 1. The first kappa shape index (κ1) is 22.0. The van der Waals surface area contributed by atoms with E-state index in [1.165, 1.54) is 46.7 Å². The van der Waals surface area contributed by atoms with Gasteiger partial charge in [-0.3, -0.25) is 0 Å². The van der Waals surface area contributed by atoms with Gasteiger partial charge in [0.05, 0.1) is 5.60 Å². The van der Waals surface area contributed by atoms with Crippen molar-refractivity contribution in [2.45, 2.75) is 57.5 Å². The lowest BCUT2D eigenvalue weighted by atomic mass is 9.60. The van der Waals surface area contributed by atoms with Crippen molar-refractivity contribution in [3.63, 3.8) is 0 Å². The summed E-state index contributed by atoms with van der Waals surface area (Å²) in [7, 11) is 0. The molecule has 0 bridgehead atoms. The highest BCUT2D eigenvalue weighted by atomic mass is 32.1. The predicted molar refractivity (Wildman–Crippen MR) is 136 cm³/mol. The summed E-state index contributed by atoms with van der Waals surface area (Å²) in [5.41, 5.74) is 4.36. The van der Waals surface area contributed by atoms with E-state index in [1.807, 2.05) is 26.0 Å². The first-order valence-electron chi connectivity index (χ1n) is 11.2. The molecule has 1 heterocycles. The Hall–Kier alpha value is -2.23. The van der Waals surface area contributed by atoms with Gasteiger partial charge in [0.25, 0.3) is 0 Å². The first-order valence-corrected chi connectivity index (χ1v) is 11.6. The molecule has 1 aromatic heterocycles. The zero-order chi connectivity index (χ0) is 22.2. The number of H-pyrrole nitrogens is 1. The van der Waals surface area contributed by atoms with E-state index in [0.717, 1.165) is 16.3 Å². The highest BCUT2D eigenvalue weighted by Crippen LogP contribution is 2.47. The summed E-state index contributed by atoms with van der Waals surface area (Å²) >= 11 is 4.44. The van der Waals surface area contributed by atoms with E-state index in [9.17, 15) is 5.11 Å². The molecule has 0 saturated heterocycles. The average Bonchev–Trinajstić information content (AvgIpc) is 3.04. The standard InChI is InChI=1S/C18H13NS.C10H20O/c20-14-7-9-18-16(11-14)15-10-13(6-8-17(15)19-18)12-4-2-1-3-5-12;1-9(2,10(3,4)11)8-6-5-7-8/h1-11,19-20H;8,11H,5-7H2,1-4H3. The smallest absolute Gasteiger partial charge is 0.0645 e. The summed E-state index contributed by atoms with van der Waals surface area (Å²) in [5.74, 6) is 0.738. The number of hydrogen-bond donors (Lipinski definition) is 3. The predicted octanol–water partition coefficient (Wildman–Crippen LogP) is 7.86. The van der Waals surface area contributed by atoms with Gasteiger partial charge in [-0.05, 0) is 79.5 Å². The van der Waals surface area contributed by atoms with Gasteiger partial charge in [-0.25, -0.2) is 0 Å². The van der Waals surface area contributed by atoms with Crippen molar-refractivity contribution >= 4 is 34.4 Å². The molecule has 3 heteroatoms. The van der Waals surface area contributed by atoms with E-state index in [0.29, 0.717) is 0 Å². The Morgan fingerprint density at radius 3 is 1.97 bits per heavy atom. The molecule has 1 fully saturated rings. The topological polar surface area (TPSA) is 36.0 Å². The fourth-order valence-corrected chi connectivity index (χ4v) is 4.53. The maximum absolute atomic E-state index is 9.88. The molecule has 3 aromatic carbocycles. The van der Waals surface area contributed by atoms with Crippen LogP contribution in [-0.2, 0) is 0 Å². The van der Waals surface area contributed by atoms with Gasteiger partial charge in [0, 0.05) is 26.7 Å². The Bertz CT molecular complexity index is 1180. The highest BCUT2D eigenvalue weighted by Gasteiger charge is 2.43. The summed E-state index contributed by atoms with van der Waals surface area (Å²) in [5, 5.41) is 12.4. The number of fused-ring (bicyclic) bond motifs is 3. The van der Waals surface area contributed by atoms with Gasteiger partial charge in [0.15, 0.2) is 0 Å². The SMILES string of the molecule is CC(C)(O)C(C)(C)C1CCC1.Sc1ccc2[nH]c3ccc(-c4ccccc4)cc3c2c1. The Morgan fingerprint density at radius 1 is 0.806 bits per heavy atom. The van der Waals surface area contributed by atoms with Crippen LogP contribution in [0.1, 0.15) is 47.0 Å². The second-order valence-electron chi connectivity index (χ2n) is 9.89. The van der Waals surface area contributed by atoms with Crippen molar-refractivity contribution in [3.8, 4) is 11.1 Å². The first-order chi connectivity index (χ1) is 14.7. The number of benzene rings is 3. The molecule has 0 unspecified atom stereocenters. The highest BCUT2D eigenvalue weighted by molar-refractivity contribution is 7.80. The molecule has 1 aliphatic carbocycles. The molecule has 2 nitrogen and oxygen atoms in total. The van der Waals surface area contributed by atoms with Crippen molar-refractivity contribution < 1.29 is 5.11 Å². The fourth-order valence-electron chi connectivity index (χ4n) is 4.32. The van der Waals surface area contributed by atoms with Crippen molar-refractivity contribution in [3.05, 3.63) is 66.7 Å². The van der Waals surface area contributed by atoms with Crippen LogP contribution in [0, 0.1) is 11.3 Å². The van der Waals surface area contributed by atoms with Crippen LogP contribution < -0.4 is 0 Å². The minimum Gasteiger partial charge on any atom is -0.390 e. The van der Waals surface area contributed by atoms with Gasteiger partial charge in [-0.2, -0.15) is 0 Å². The molecule has 0 aliphatic heterocycles. The molecular formula is C28H33NOS. The van der Waals surface area contributed by atoms with E-state index in [4.69, 9.17) is 0 Å². The minimum atomic E-state index is -0.530. The van der Waals surface area contributed by atoms with E-state index in [1.54, 1.807) is 0 Å². The van der Waals surface area contributed by atoms with Gasteiger partial charge in [-0.1, -0.05) is 56.7 Å². The van der Waals surface area contributed by atoms with Crippen molar-refractivity contribution in [1.29, 1.82) is 0 Å². The van der Waals surface area contributed by atoms with Crippen LogP contribution in [0.5, 0.6) is 0 Å². The third-order valence-corrected chi connectivity index (χ3v) is 7.67. The summed E-state index contributed by atoms with van der Waals surface area (Å²) in [6.07, 6.45) is 3.96. The monoisotopic (exact) mass is 431 g/mol. The Kier molecular flexibility index (Phi) is 5.93. The van der Waals surface area contributed by atoms with E-state index < -0.39 is 5.60 Å². The fraction of sp³-hybridized carbons (Fsp3) is 0.357. The largest absolute Gasteiger partial charge is 0.390 e. The number of thiol groups is 1. The molecule has 5 rings (SSSR count). The van der Waals surface area contributed by atoms with Gasteiger partial charge >= 0.3 is 0 Å². The van der Waals surface area contributed by atoms with Gasteiger partial charge in [-0.15, -0.1) is 12.6 Å². The van der Waals surface area contributed by atoms with Crippen LogP contribution >= 0.6 is 12.6 Å². The van der Waals surface area contributed by atoms with E-state index >= 15 is 0 Å². The summed E-state index contributed by atoms with van der Waals surface area (Å²) < 4.78 is 0. The number of aromatic amines is 1. The molecule has 31 heavy (non-hydrogen) atoms.